The Morgan fingerprint density at radius 1 is 1.38 bits per heavy atom. The maximum Gasteiger partial charge on any atom is 0.306 e. The fourth-order valence-corrected chi connectivity index (χ4v) is 1.53. The molecular weight excluding hydrogens is 204 g/mol. The van der Waals surface area contributed by atoms with Gasteiger partial charge in [-0.15, -0.1) is 0 Å². The number of aryl methyl sites for hydroxylation is 2. The Labute approximate surface area is 96.4 Å². The van der Waals surface area contributed by atoms with E-state index >= 15 is 0 Å². The van der Waals surface area contributed by atoms with Crippen molar-refractivity contribution >= 4 is 5.97 Å². The molecule has 0 amide bonds. The van der Waals surface area contributed by atoms with E-state index in [-0.39, 0.29) is 5.97 Å². The van der Waals surface area contributed by atoms with E-state index in [4.69, 9.17) is 9.47 Å². The molecule has 0 saturated heterocycles. The van der Waals surface area contributed by atoms with E-state index in [0.717, 1.165) is 16.9 Å². The first-order valence-electron chi connectivity index (χ1n) is 5.46. The predicted molar refractivity (Wildman–Crippen MR) is 62.7 cm³/mol. The van der Waals surface area contributed by atoms with Crippen molar-refractivity contribution in [3.8, 4) is 5.75 Å². The highest BCUT2D eigenvalue weighted by atomic mass is 16.5. The number of methoxy groups -OCH3 is 1. The molecule has 0 saturated carbocycles. The maximum atomic E-state index is 11.2. The lowest BCUT2D eigenvalue weighted by atomic mass is 10.1. The van der Waals surface area contributed by atoms with Crippen molar-refractivity contribution in [2.45, 2.75) is 26.7 Å². The number of ether oxygens (including phenoxy) is 2. The van der Waals surface area contributed by atoms with Gasteiger partial charge in [0.1, 0.15) is 5.75 Å². The summed E-state index contributed by atoms with van der Waals surface area (Å²) in [5.74, 6) is 0.675. The molecule has 0 atom stereocenters. The molecule has 0 bridgehead atoms. The number of rotatable bonds is 5. The third kappa shape index (κ3) is 3.57. The lowest BCUT2D eigenvalue weighted by Gasteiger charge is -2.09. The second kappa shape index (κ2) is 6.16. The molecule has 3 nitrogen and oxygen atoms in total. The van der Waals surface area contributed by atoms with E-state index < -0.39 is 0 Å². The largest absolute Gasteiger partial charge is 0.496 e. The Morgan fingerprint density at radius 2 is 2.12 bits per heavy atom. The van der Waals surface area contributed by atoms with Crippen molar-refractivity contribution < 1.29 is 14.3 Å². The molecule has 0 N–H and O–H groups in total. The minimum Gasteiger partial charge on any atom is -0.496 e. The van der Waals surface area contributed by atoms with Crippen molar-refractivity contribution in [1.82, 2.24) is 0 Å². The molecule has 0 aromatic heterocycles. The summed E-state index contributed by atoms with van der Waals surface area (Å²) in [4.78, 5) is 11.2. The Bertz CT molecular complexity index is 358. The van der Waals surface area contributed by atoms with Gasteiger partial charge in [-0.2, -0.15) is 0 Å². The van der Waals surface area contributed by atoms with Gasteiger partial charge in [0.25, 0.3) is 0 Å². The summed E-state index contributed by atoms with van der Waals surface area (Å²) in [5.41, 5.74) is 2.19. The van der Waals surface area contributed by atoms with Gasteiger partial charge in [0.05, 0.1) is 13.7 Å². The van der Waals surface area contributed by atoms with Crippen LogP contribution >= 0.6 is 0 Å². The Hall–Kier alpha value is -1.51. The standard InChI is InChI=1S/C13H18O3/c1-4-16-13(14)8-7-11-6-5-10(2)9-12(11)15-3/h5-6,9H,4,7-8H2,1-3H3. The fraction of sp³-hybridized carbons (Fsp3) is 0.462. The molecule has 16 heavy (non-hydrogen) atoms. The van der Waals surface area contributed by atoms with Crippen molar-refractivity contribution in [2.75, 3.05) is 13.7 Å². The summed E-state index contributed by atoms with van der Waals surface area (Å²) in [7, 11) is 1.64. The molecule has 0 aliphatic carbocycles. The Morgan fingerprint density at radius 3 is 2.75 bits per heavy atom. The number of esters is 1. The van der Waals surface area contributed by atoms with Gasteiger partial charge in [-0.25, -0.2) is 0 Å². The van der Waals surface area contributed by atoms with Gasteiger partial charge < -0.3 is 9.47 Å². The molecule has 0 aliphatic heterocycles. The first-order valence-corrected chi connectivity index (χ1v) is 5.46. The van der Waals surface area contributed by atoms with Crippen LogP contribution in [-0.2, 0) is 16.0 Å². The van der Waals surface area contributed by atoms with Gasteiger partial charge >= 0.3 is 5.97 Å². The van der Waals surface area contributed by atoms with Crippen molar-refractivity contribution in [3.05, 3.63) is 29.3 Å². The van der Waals surface area contributed by atoms with Gasteiger partial charge in [0, 0.05) is 6.42 Å². The average molecular weight is 222 g/mol. The molecule has 0 radical (unpaired) electrons. The molecule has 3 heteroatoms. The van der Waals surface area contributed by atoms with Crippen LogP contribution in [0.3, 0.4) is 0 Å². The normalized spacial score (nSPS) is 9.94. The average Bonchev–Trinajstić information content (AvgIpc) is 2.27. The second-order valence-corrected chi connectivity index (χ2v) is 3.62. The molecule has 0 aliphatic rings. The van der Waals surface area contributed by atoms with E-state index in [2.05, 4.69) is 0 Å². The third-order valence-corrected chi connectivity index (χ3v) is 2.35. The number of carbonyl (C=O) groups excluding carboxylic acids is 1. The Kier molecular flexibility index (Phi) is 4.83. The SMILES string of the molecule is CCOC(=O)CCc1ccc(C)cc1OC. The second-order valence-electron chi connectivity index (χ2n) is 3.62. The van der Waals surface area contributed by atoms with Crippen molar-refractivity contribution in [2.24, 2.45) is 0 Å². The predicted octanol–water partition coefficient (Wildman–Crippen LogP) is 2.50. The van der Waals surface area contributed by atoms with E-state index in [0.29, 0.717) is 19.4 Å². The topological polar surface area (TPSA) is 35.5 Å². The van der Waals surface area contributed by atoms with Crippen LogP contribution in [-0.4, -0.2) is 19.7 Å². The minimum atomic E-state index is -0.162. The first-order chi connectivity index (χ1) is 7.67. The summed E-state index contributed by atoms with van der Waals surface area (Å²) in [6.07, 6.45) is 1.05. The number of hydrogen-bond donors (Lipinski definition) is 0. The first kappa shape index (κ1) is 12.6. The maximum absolute atomic E-state index is 11.2. The van der Waals surface area contributed by atoms with E-state index in [1.54, 1.807) is 7.11 Å². The van der Waals surface area contributed by atoms with Gasteiger partial charge in [0.15, 0.2) is 0 Å². The summed E-state index contributed by atoms with van der Waals surface area (Å²) in [6.45, 7) is 4.26. The van der Waals surface area contributed by atoms with Crippen LogP contribution in [0.1, 0.15) is 24.5 Å². The quantitative estimate of drug-likeness (QED) is 0.718. The number of benzene rings is 1. The van der Waals surface area contributed by atoms with Gasteiger partial charge in [-0.1, -0.05) is 12.1 Å². The van der Waals surface area contributed by atoms with Crippen LogP contribution in [0.2, 0.25) is 0 Å². The lowest BCUT2D eigenvalue weighted by Crippen LogP contribution is -2.05. The van der Waals surface area contributed by atoms with E-state index in [1.807, 2.05) is 32.0 Å². The van der Waals surface area contributed by atoms with E-state index in [9.17, 15) is 4.79 Å². The van der Waals surface area contributed by atoms with Crippen LogP contribution in [0.5, 0.6) is 5.75 Å². The number of carbonyl (C=O) groups is 1. The zero-order valence-electron chi connectivity index (χ0n) is 10.1. The molecule has 1 rings (SSSR count). The van der Waals surface area contributed by atoms with Crippen LogP contribution in [0, 0.1) is 6.92 Å². The highest BCUT2D eigenvalue weighted by Gasteiger charge is 2.07. The van der Waals surface area contributed by atoms with Crippen LogP contribution in [0.4, 0.5) is 0 Å². The Balaban J connectivity index is 2.63. The molecule has 1 aromatic carbocycles. The zero-order chi connectivity index (χ0) is 12.0. The fourth-order valence-electron chi connectivity index (χ4n) is 1.53. The van der Waals surface area contributed by atoms with Crippen molar-refractivity contribution in [1.29, 1.82) is 0 Å². The summed E-state index contributed by atoms with van der Waals surface area (Å²) in [5, 5.41) is 0. The zero-order valence-corrected chi connectivity index (χ0v) is 10.1. The van der Waals surface area contributed by atoms with E-state index in [1.165, 1.54) is 0 Å². The molecular formula is C13H18O3. The van der Waals surface area contributed by atoms with Crippen LogP contribution < -0.4 is 4.74 Å². The summed E-state index contributed by atoms with van der Waals surface area (Å²) in [6, 6.07) is 5.98. The monoisotopic (exact) mass is 222 g/mol. The van der Waals surface area contributed by atoms with Gasteiger partial charge in [-0.3, -0.25) is 4.79 Å². The minimum absolute atomic E-state index is 0.162. The highest BCUT2D eigenvalue weighted by Crippen LogP contribution is 2.21. The highest BCUT2D eigenvalue weighted by molar-refractivity contribution is 5.69. The molecule has 0 fully saturated rings. The third-order valence-electron chi connectivity index (χ3n) is 2.35. The molecule has 88 valence electrons. The molecule has 0 heterocycles. The van der Waals surface area contributed by atoms with Crippen LogP contribution in [0.15, 0.2) is 18.2 Å². The van der Waals surface area contributed by atoms with Gasteiger partial charge in [-0.05, 0) is 37.5 Å². The summed E-state index contributed by atoms with van der Waals surface area (Å²) >= 11 is 0. The van der Waals surface area contributed by atoms with Crippen molar-refractivity contribution in [3.63, 3.8) is 0 Å². The molecule has 1 aromatic rings. The molecule has 0 unspecified atom stereocenters. The lowest BCUT2D eigenvalue weighted by molar-refractivity contribution is -0.143. The van der Waals surface area contributed by atoms with Crippen LogP contribution in [0.25, 0.3) is 0 Å². The smallest absolute Gasteiger partial charge is 0.306 e. The molecule has 0 spiro atoms. The van der Waals surface area contributed by atoms with Gasteiger partial charge in [0.2, 0.25) is 0 Å². The summed E-state index contributed by atoms with van der Waals surface area (Å²) < 4.78 is 10.1. The number of hydrogen-bond acceptors (Lipinski definition) is 3.